The fourth-order valence-electron chi connectivity index (χ4n) is 1.62. The highest BCUT2D eigenvalue weighted by molar-refractivity contribution is 8.00. The van der Waals surface area contributed by atoms with Crippen LogP contribution in [0.25, 0.3) is 0 Å². The predicted molar refractivity (Wildman–Crippen MR) is 67.3 cm³/mol. The van der Waals surface area contributed by atoms with Gasteiger partial charge in [-0.2, -0.15) is 0 Å². The van der Waals surface area contributed by atoms with Gasteiger partial charge < -0.3 is 10.2 Å². The normalized spacial score (nSPS) is 14.9. The molecule has 1 aromatic rings. The monoisotopic (exact) mass is 268 g/mol. The van der Waals surface area contributed by atoms with E-state index in [1.165, 1.54) is 28.8 Å². The summed E-state index contributed by atoms with van der Waals surface area (Å²) in [6, 6.07) is 6.06. The minimum atomic E-state index is -0.326. The first kappa shape index (κ1) is 12.9. The number of nitrogens with zero attached hydrogens (tertiary/aromatic N) is 1. The summed E-state index contributed by atoms with van der Waals surface area (Å²) in [6.45, 7) is 0.340. The summed E-state index contributed by atoms with van der Waals surface area (Å²) in [5.74, 6) is 0.438. The van der Waals surface area contributed by atoms with E-state index in [0.717, 1.165) is 0 Å². The van der Waals surface area contributed by atoms with E-state index < -0.39 is 0 Å². The lowest BCUT2D eigenvalue weighted by molar-refractivity contribution is -0.132. The molecule has 0 unspecified atom stereocenters. The number of thioether (sulfide) groups is 1. The van der Waals surface area contributed by atoms with Gasteiger partial charge in [0.1, 0.15) is 12.4 Å². The molecule has 0 bridgehead atoms. The van der Waals surface area contributed by atoms with E-state index in [0.29, 0.717) is 17.2 Å². The second-order valence-electron chi connectivity index (χ2n) is 3.98. The molecule has 1 fully saturated rings. The van der Waals surface area contributed by atoms with Crippen LogP contribution in [0.5, 0.6) is 0 Å². The lowest BCUT2D eigenvalue weighted by Gasteiger charge is -2.14. The van der Waals surface area contributed by atoms with Gasteiger partial charge in [-0.25, -0.2) is 4.39 Å². The molecule has 1 saturated heterocycles. The number of hydrogen-bond acceptors (Lipinski definition) is 3. The zero-order chi connectivity index (χ0) is 13.0. The van der Waals surface area contributed by atoms with Crippen molar-refractivity contribution in [3.63, 3.8) is 0 Å². The van der Waals surface area contributed by atoms with Gasteiger partial charge in [0, 0.05) is 6.54 Å². The van der Waals surface area contributed by atoms with Gasteiger partial charge in [-0.1, -0.05) is 12.1 Å². The number of rotatable bonds is 4. The van der Waals surface area contributed by atoms with E-state index in [4.69, 9.17) is 0 Å². The van der Waals surface area contributed by atoms with Crippen molar-refractivity contribution in [2.45, 2.75) is 6.54 Å². The van der Waals surface area contributed by atoms with Crippen LogP contribution in [-0.2, 0) is 16.1 Å². The molecule has 0 saturated carbocycles. The van der Waals surface area contributed by atoms with E-state index in [1.807, 2.05) is 0 Å². The molecule has 96 valence electrons. The predicted octanol–water partition coefficient (Wildman–Crippen LogP) is 0.975. The molecule has 1 aliphatic rings. The van der Waals surface area contributed by atoms with Crippen LogP contribution in [0.3, 0.4) is 0 Å². The Labute approximate surface area is 109 Å². The molecular formula is C12H13FN2O2S. The maximum absolute atomic E-state index is 12.9. The Morgan fingerprint density at radius 3 is 3.00 bits per heavy atom. The fourth-order valence-corrected chi connectivity index (χ4v) is 2.52. The van der Waals surface area contributed by atoms with Gasteiger partial charge in [-0.05, 0) is 17.7 Å². The molecule has 0 radical (unpaired) electrons. The van der Waals surface area contributed by atoms with Gasteiger partial charge in [-0.15, -0.1) is 11.8 Å². The van der Waals surface area contributed by atoms with E-state index in [9.17, 15) is 14.0 Å². The van der Waals surface area contributed by atoms with Crippen LogP contribution in [0.1, 0.15) is 5.56 Å². The van der Waals surface area contributed by atoms with Crippen LogP contribution < -0.4 is 5.32 Å². The second-order valence-corrected chi connectivity index (χ2v) is 4.93. The number of halogens is 1. The number of amides is 2. The van der Waals surface area contributed by atoms with Gasteiger partial charge in [0.05, 0.1) is 11.6 Å². The third-order valence-electron chi connectivity index (χ3n) is 2.54. The van der Waals surface area contributed by atoms with Gasteiger partial charge in [0.2, 0.25) is 11.8 Å². The van der Waals surface area contributed by atoms with Gasteiger partial charge in [-0.3, -0.25) is 9.59 Å². The van der Waals surface area contributed by atoms with Crippen molar-refractivity contribution < 1.29 is 14.0 Å². The average molecular weight is 268 g/mol. The minimum Gasteiger partial charge on any atom is -0.350 e. The Morgan fingerprint density at radius 1 is 1.50 bits per heavy atom. The van der Waals surface area contributed by atoms with Crippen molar-refractivity contribution in [1.82, 2.24) is 10.2 Å². The van der Waals surface area contributed by atoms with Crippen molar-refractivity contribution in [3.8, 4) is 0 Å². The number of hydrogen-bond donors (Lipinski definition) is 1. The molecule has 1 N–H and O–H groups in total. The van der Waals surface area contributed by atoms with Gasteiger partial charge in [0.15, 0.2) is 0 Å². The Kier molecular flexibility index (Phi) is 4.19. The second kappa shape index (κ2) is 5.86. The quantitative estimate of drug-likeness (QED) is 0.885. The number of carbonyl (C=O) groups is 2. The Morgan fingerprint density at radius 2 is 2.33 bits per heavy atom. The highest BCUT2D eigenvalue weighted by Gasteiger charge is 2.22. The van der Waals surface area contributed by atoms with Crippen molar-refractivity contribution in [1.29, 1.82) is 0 Å². The summed E-state index contributed by atoms with van der Waals surface area (Å²) in [7, 11) is 0. The van der Waals surface area contributed by atoms with Crippen LogP contribution in [-0.4, -0.2) is 34.9 Å². The molecule has 0 aromatic heterocycles. The molecule has 0 aliphatic carbocycles. The average Bonchev–Trinajstić information content (AvgIpc) is 2.73. The van der Waals surface area contributed by atoms with Crippen LogP contribution >= 0.6 is 11.8 Å². The maximum Gasteiger partial charge on any atom is 0.239 e. The lowest BCUT2D eigenvalue weighted by atomic mass is 10.2. The molecular weight excluding hydrogens is 255 g/mol. The molecule has 1 aliphatic heterocycles. The van der Waals surface area contributed by atoms with Crippen LogP contribution in [0, 0.1) is 5.82 Å². The first-order valence-electron chi connectivity index (χ1n) is 5.52. The Hall–Kier alpha value is -1.56. The third kappa shape index (κ3) is 3.46. The summed E-state index contributed by atoms with van der Waals surface area (Å²) < 4.78 is 12.9. The molecule has 18 heavy (non-hydrogen) atoms. The number of nitrogens with one attached hydrogen (secondary N) is 1. The van der Waals surface area contributed by atoms with E-state index in [-0.39, 0.29) is 30.7 Å². The molecule has 6 heteroatoms. The largest absolute Gasteiger partial charge is 0.350 e. The summed E-state index contributed by atoms with van der Waals surface area (Å²) in [4.78, 5) is 24.4. The smallest absolute Gasteiger partial charge is 0.239 e. The fraction of sp³-hybridized carbons (Fsp3) is 0.333. The molecule has 4 nitrogen and oxygen atoms in total. The highest BCUT2D eigenvalue weighted by Crippen LogP contribution is 2.13. The van der Waals surface area contributed by atoms with Crippen LogP contribution in [0.15, 0.2) is 24.3 Å². The van der Waals surface area contributed by atoms with Crippen LogP contribution in [0.2, 0.25) is 0 Å². The van der Waals surface area contributed by atoms with Gasteiger partial charge >= 0.3 is 0 Å². The maximum atomic E-state index is 12.9. The highest BCUT2D eigenvalue weighted by atomic mass is 32.2. The molecule has 1 aromatic carbocycles. The van der Waals surface area contributed by atoms with Crippen LogP contribution in [0.4, 0.5) is 4.39 Å². The molecule has 0 spiro atoms. The van der Waals surface area contributed by atoms with Crippen molar-refractivity contribution in [2.24, 2.45) is 0 Å². The zero-order valence-corrected chi connectivity index (χ0v) is 10.5. The summed E-state index contributed by atoms with van der Waals surface area (Å²) in [5.41, 5.74) is 0.700. The van der Waals surface area contributed by atoms with E-state index in [1.54, 1.807) is 12.1 Å². The number of carbonyl (C=O) groups excluding carboxylic acids is 2. The lowest BCUT2D eigenvalue weighted by Crippen LogP contribution is -2.37. The first-order valence-corrected chi connectivity index (χ1v) is 6.67. The summed E-state index contributed by atoms with van der Waals surface area (Å²) in [6.07, 6.45) is 0. The van der Waals surface area contributed by atoms with E-state index in [2.05, 4.69) is 5.32 Å². The summed E-state index contributed by atoms with van der Waals surface area (Å²) in [5, 5.41) is 2.66. The van der Waals surface area contributed by atoms with Gasteiger partial charge in [0.25, 0.3) is 0 Å². The minimum absolute atomic E-state index is 0.0131. The molecule has 2 amide bonds. The Bertz CT molecular complexity index is 467. The van der Waals surface area contributed by atoms with Crippen molar-refractivity contribution >= 4 is 23.6 Å². The molecule has 1 heterocycles. The topological polar surface area (TPSA) is 49.4 Å². The Balaban J connectivity index is 1.79. The molecule has 0 atom stereocenters. The van der Waals surface area contributed by atoms with E-state index >= 15 is 0 Å². The van der Waals surface area contributed by atoms with Crippen molar-refractivity contribution in [2.75, 3.05) is 18.2 Å². The summed E-state index contributed by atoms with van der Waals surface area (Å²) >= 11 is 1.50. The standard InChI is InChI=1S/C12H13FN2O2S/c13-10-3-1-2-9(4-10)5-14-11(16)6-15-8-18-7-12(15)17/h1-4H,5-8H2,(H,14,16). The third-order valence-corrected chi connectivity index (χ3v) is 3.48. The first-order chi connectivity index (χ1) is 8.65. The zero-order valence-electron chi connectivity index (χ0n) is 9.69. The number of benzene rings is 1. The van der Waals surface area contributed by atoms with Crippen molar-refractivity contribution in [3.05, 3.63) is 35.6 Å². The molecule has 2 rings (SSSR count). The SMILES string of the molecule is O=C(CN1CSCC1=O)NCc1cccc(F)c1.